The summed E-state index contributed by atoms with van der Waals surface area (Å²) in [5.41, 5.74) is 1.40. The highest BCUT2D eigenvalue weighted by Crippen LogP contribution is 2.09. The lowest BCUT2D eigenvalue weighted by Gasteiger charge is -2.23. The Bertz CT molecular complexity index is 303. The number of ether oxygens (including phenoxy) is 1. The molecule has 0 aliphatic carbocycles. The van der Waals surface area contributed by atoms with Crippen LogP contribution in [-0.2, 0) is 17.8 Å². The monoisotopic (exact) mass is 222 g/mol. The van der Waals surface area contributed by atoms with E-state index in [1.54, 1.807) is 0 Å². The van der Waals surface area contributed by atoms with Crippen molar-refractivity contribution in [3.05, 3.63) is 24.0 Å². The minimum atomic E-state index is 0.638. The van der Waals surface area contributed by atoms with Crippen molar-refractivity contribution < 1.29 is 4.74 Å². The first kappa shape index (κ1) is 11.7. The van der Waals surface area contributed by atoms with Gasteiger partial charge in [0.1, 0.15) is 0 Å². The first-order valence-electron chi connectivity index (χ1n) is 6.35. The first-order chi connectivity index (χ1) is 7.90. The van der Waals surface area contributed by atoms with Gasteiger partial charge >= 0.3 is 0 Å². The predicted octanol–water partition coefficient (Wildman–Crippen LogP) is 2.17. The van der Waals surface area contributed by atoms with E-state index < -0.39 is 0 Å². The van der Waals surface area contributed by atoms with Crippen LogP contribution in [-0.4, -0.2) is 23.8 Å². The van der Waals surface area contributed by atoms with Crippen molar-refractivity contribution in [3.63, 3.8) is 0 Å². The molecular formula is C13H22N2O. The van der Waals surface area contributed by atoms with Gasteiger partial charge in [-0.2, -0.15) is 0 Å². The molecular weight excluding hydrogens is 200 g/mol. The van der Waals surface area contributed by atoms with Crippen LogP contribution in [0.25, 0.3) is 0 Å². The Labute approximate surface area is 97.8 Å². The molecule has 0 spiro atoms. The summed E-state index contributed by atoms with van der Waals surface area (Å²) in [6.07, 6.45) is 5.66. The van der Waals surface area contributed by atoms with E-state index in [4.69, 9.17) is 4.74 Å². The van der Waals surface area contributed by atoms with Crippen molar-refractivity contribution in [2.24, 2.45) is 0 Å². The van der Waals surface area contributed by atoms with Crippen LogP contribution in [0.3, 0.4) is 0 Å². The molecule has 0 aromatic carbocycles. The summed E-state index contributed by atoms with van der Waals surface area (Å²) in [5.74, 6) is 0. The second-order valence-corrected chi connectivity index (χ2v) is 4.46. The fraction of sp³-hybridized carbons (Fsp3) is 0.692. The van der Waals surface area contributed by atoms with Crippen LogP contribution in [0.5, 0.6) is 0 Å². The molecule has 1 aliphatic heterocycles. The summed E-state index contributed by atoms with van der Waals surface area (Å²) >= 11 is 0. The van der Waals surface area contributed by atoms with E-state index in [0.717, 1.165) is 39.1 Å². The van der Waals surface area contributed by atoms with Crippen LogP contribution in [0.2, 0.25) is 0 Å². The molecule has 0 bridgehead atoms. The summed E-state index contributed by atoms with van der Waals surface area (Å²) in [7, 11) is 0. The van der Waals surface area contributed by atoms with Crippen molar-refractivity contribution in [2.45, 2.75) is 45.3 Å². The Hall–Kier alpha value is -0.800. The largest absolute Gasteiger partial charge is 0.381 e. The number of rotatable bonds is 5. The third kappa shape index (κ3) is 3.09. The summed E-state index contributed by atoms with van der Waals surface area (Å²) in [4.78, 5) is 0. The van der Waals surface area contributed by atoms with Crippen LogP contribution >= 0.6 is 0 Å². The van der Waals surface area contributed by atoms with Crippen LogP contribution < -0.4 is 5.32 Å². The quantitative estimate of drug-likeness (QED) is 0.826. The minimum Gasteiger partial charge on any atom is -0.381 e. The van der Waals surface area contributed by atoms with Gasteiger partial charge in [0.15, 0.2) is 0 Å². The van der Waals surface area contributed by atoms with E-state index in [9.17, 15) is 0 Å². The molecule has 0 saturated carbocycles. The Morgan fingerprint density at radius 3 is 3.00 bits per heavy atom. The molecule has 1 aliphatic rings. The zero-order valence-electron chi connectivity index (χ0n) is 10.1. The van der Waals surface area contributed by atoms with Crippen molar-refractivity contribution in [2.75, 3.05) is 13.2 Å². The topological polar surface area (TPSA) is 26.2 Å². The van der Waals surface area contributed by atoms with Gasteiger partial charge in [-0.1, -0.05) is 6.92 Å². The van der Waals surface area contributed by atoms with Crippen molar-refractivity contribution in [3.8, 4) is 0 Å². The van der Waals surface area contributed by atoms with Crippen LogP contribution in [0.15, 0.2) is 18.3 Å². The fourth-order valence-corrected chi connectivity index (χ4v) is 2.22. The van der Waals surface area contributed by atoms with E-state index in [1.807, 2.05) is 0 Å². The second kappa shape index (κ2) is 6.06. The fourth-order valence-electron chi connectivity index (χ4n) is 2.22. The second-order valence-electron chi connectivity index (χ2n) is 4.46. The molecule has 90 valence electrons. The molecule has 1 aromatic heterocycles. The summed E-state index contributed by atoms with van der Waals surface area (Å²) in [5, 5.41) is 3.62. The molecule has 1 N–H and O–H groups in total. The Balaban J connectivity index is 1.81. The highest BCUT2D eigenvalue weighted by atomic mass is 16.5. The molecule has 0 amide bonds. The summed E-state index contributed by atoms with van der Waals surface area (Å²) in [6.45, 7) is 6.15. The van der Waals surface area contributed by atoms with E-state index in [0.29, 0.717) is 6.04 Å². The SMILES string of the molecule is CCCn1cccc1CNC1CCOCC1. The maximum atomic E-state index is 5.35. The molecule has 0 unspecified atom stereocenters. The van der Waals surface area contributed by atoms with Crippen molar-refractivity contribution in [1.82, 2.24) is 9.88 Å². The lowest BCUT2D eigenvalue weighted by atomic mass is 10.1. The van der Waals surface area contributed by atoms with Crippen LogP contribution in [0.1, 0.15) is 31.9 Å². The highest BCUT2D eigenvalue weighted by Gasteiger charge is 2.13. The van der Waals surface area contributed by atoms with Crippen molar-refractivity contribution >= 4 is 0 Å². The van der Waals surface area contributed by atoms with Gasteiger partial charge in [-0.05, 0) is 31.4 Å². The molecule has 2 rings (SSSR count). The molecule has 3 heteroatoms. The van der Waals surface area contributed by atoms with Gasteiger partial charge in [-0.3, -0.25) is 0 Å². The number of hydrogen-bond acceptors (Lipinski definition) is 2. The normalized spacial score (nSPS) is 17.8. The average molecular weight is 222 g/mol. The maximum Gasteiger partial charge on any atom is 0.0480 e. The van der Waals surface area contributed by atoms with Crippen molar-refractivity contribution in [1.29, 1.82) is 0 Å². The summed E-state index contributed by atoms with van der Waals surface area (Å²) in [6, 6.07) is 4.98. The Kier molecular flexibility index (Phi) is 4.43. The number of nitrogens with one attached hydrogen (secondary N) is 1. The lowest BCUT2D eigenvalue weighted by molar-refractivity contribution is 0.0774. The number of nitrogens with zero attached hydrogens (tertiary/aromatic N) is 1. The highest BCUT2D eigenvalue weighted by molar-refractivity contribution is 5.07. The summed E-state index contributed by atoms with van der Waals surface area (Å²) < 4.78 is 7.69. The van der Waals surface area contributed by atoms with Gasteiger partial charge in [0.05, 0.1) is 0 Å². The number of hydrogen-bond donors (Lipinski definition) is 1. The minimum absolute atomic E-state index is 0.638. The van der Waals surface area contributed by atoms with E-state index in [1.165, 1.54) is 12.1 Å². The van der Waals surface area contributed by atoms with Gasteiger partial charge in [-0.15, -0.1) is 0 Å². The smallest absolute Gasteiger partial charge is 0.0480 e. The van der Waals surface area contributed by atoms with Gasteiger partial charge in [0.25, 0.3) is 0 Å². The third-order valence-electron chi connectivity index (χ3n) is 3.18. The molecule has 3 nitrogen and oxygen atoms in total. The van der Waals surface area contributed by atoms with Gasteiger partial charge in [0.2, 0.25) is 0 Å². The number of aromatic nitrogens is 1. The standard InChI is InChI=1S/C13H22N2O/c1-2-7-15-8-3-4-13(15)11-14-12-5-9-16-10-6-12/h3-4,8,12,14H,2,5-7,9-11H2,1H3. The lowest BCUT2D eigenvalue weighted by Crippen LogP contribution is -2.34. The molecule has 2 heterocycles. The van der Waals surface area contributed by atoms with Gasteiger partial charge in [0, 0.05) is 44.2 Å². The Morgan fingerprint density at radius 1 is 1.44 bits per heavy atom. The van der Waals surface area contributed by atoms with Gasteiger partial charge < -0.3 is 14.6 Å². The Morgan fingerprint density at radius 2 is 2.25 bits per heavy atom. The van der Waals surface area contributed by atoms with E-state index in [-0.39, 0.29) is 0 Å². The zero-order chi connectivity index (χ0) is 11.2. The maximum absolute atomic E-state index is 5.35. The molecule has 0 radical (unpaired) electrons. The molecule has 1 saturated heterocycles. The first-order valence-corrected chi connectivity index (χ1v) is 6.35. The molecule has 1 aromatic rings. The third-order valence-corrected chi connectivity index (χ3v) is 3.18. The number of aryl methyl sites for hydroxylation is 1. The zero-order valence-corrected chi connectivity index (χ0v) is 10.1. The average Bonchev–Trinajstić information content (AvgIpc) is 2.76. The molecule has 16 heavy (non-hydrogen) atoms. The molecule has 1 fully saturated rings. The van der Waals surface area contributed by atoms with E-state index in [2.05, 4.69) is 35.1 Å². The predicted molar refractivity (Wildman–Crippen MR) is 65.4 cm³/mol. The van der Waals surface area contributed by atoms with E-state index >= 15 is 0 Å². The van der Waals surface area contributed by atoms with Crippen LogP contribution in [0, 0.1) is 0 Å². The van der Waals surface area contributed by atoms with Gasteiger partial charge in [-0.25, -0.2) is 0 Å². The molecule has 0 atom stereocenters. The van der Waals surface area contributed by atoms with Crippen LogP contribution in [0.4, 0.5) is 0 Å².